The molecule has 0 unspecified atom stereocenters. The Kier molecular flexibility index (Phi) is 4.48. The van der Waals surface area contributed by atoms with Gasteiger partial charge in [0.05, 0.1) is 16.0 Å². The van der Waals surface area contributed by atoms with Crippen LogP contribution in [0.4, 0.5) is 0 Å². The molecule has 0 saturated carbocycles. The van der Waals surface area contributed by atoms with Gasteiger partial charge in [-0.2, -0.15) is 10.2 Å². The summed E-state index contributed by atoms with van der Waals surface area (Å²) >= 11 is 2.16. The number of piperazine rings is 1. The van der Waals surface area contributed by atoms with E-state index in [9.17, 15) is 4.79 Å². The van der Waals surface area contributed by atoms with Gasteiger partial charge in [-0.3, -0.25) is 19.1 Å². The smallest absolute Gasteiger partial charge is 0.273 e. The summed E-state index contributed by atoms with van der Waals surface area (Å²) in [7, 11) is 3.74. The third-order valence-electron chi connectivity index (χ3n) is 3.92. The highest BCUT2D eigenvalue weighted by atomic mass is 127. The maximum Gasteiger partial charge on any atom is 0.273 e. The highest BCUT2D eigenvalue weighted by Gasteiger charge is 2.25. The first kappa shape index (κ1) is 15.5. The van der Waals surface area contributed by atoms with E-state index in [-0.39, 0.29) is 5.91 Å². The Hall–Kier alpha value is -1.42. The zero-order chi connectivity index (χ0) is 15.7. The maximum atomic E-state index is 12.6. The molecule has 0 bridgehead atoms. The van der Waals surface area contributed by atoms with Gasteiger partial charge in [-0.05, 0) is 22.6 Å². The Bertz CT molecular complexity index is 651. The summed E-state index contributed by atoms with van der Waals surface area (Å²) in [6.45, 7) is 4.16. The number of halogens is 1. The van der Waals surface area contributed by atoms with E-state index in [4.69, 9.17) is 0 Å². The standard InChI is InChI=1S/C14H19IN6O/c1-18-9-11(7-16-18)10-20-3-5-21(6-4-20)14(22)13-12(15)8-17-19(13)2/h7-9H,3-6,10H2,1-2H3. The Labute approximate surface area is 143 Å². The largest absolute Gasteiger partial charge is 0.335 e. The predicted octanol–water partition coefficient (Wildman–Crippen LogP) is 0.716. The molecule has 1 fully saturated rings. The van der Waals surface area contributed by atoms with Gasteiger partial charge in [0.2, 0.25) is 0 Å². The summed E-state index contributed by atoms with van der Waals surface area (Å²) in [5, 5.41) is 8.34. The van der Waals surface area contributed by atoms with E-state index in [0.717, 1.165) is 36.3 Å². The van der Waals surface area contributed by atoms with Crippen LogP contribution >= 0.6 is 22.6 Å². The lowest BCUT2D eigenvalue weighted by Gasteiger charge is -2.34. The molecule has 1 aliphatic rings. The van der Waals surface area contributed by atoms with Gasteiger partial charge in [0, 0.05) is 58.6 Å². The third kappa shape index (κ3) is 3.17. The summed E-state index contributed by atoms with van der Waals surface area (Å²) in [5.74, 6) is 0.0745. The zero-order valence-electron chi connectivity index (χ0n) is 12.7. The number of aromatic nitrogens is 4. The summed E-state index contributed by atoms with van der Waals surface area (Å²) in [6.07, 6.45) is 5.66. The highest BCUT2D eigenvalue weighted by molar-refractivity contribution is 14.1. The highest BCUT2D eigenvalue weighted by Crippen LogP contribution is 2.15. The van der Waals surface area contributed by atoms with Crippen molar-refractivity contribution in [3.63, 3.8) is 0 Å². The summed E-state index contributed by atoms with van der Waals surface area (Å²) in [4.78, 5) is 16.9. The molecule has 0 aliphatic carbocycles. The monoisotopic (exact) mass is 414 g/mol. The number of aryl methyl sites for hydroxylation is 2. The minimum atomic E-state index is 0.0745. The summed E-state index contributed by atoms with van der Waals surface area (Å²) in [5.41, 5.74) is 1.89. The van der Waals surface area contributed by atoms with Gasteiger partial charge in [-0.1, -0.05) is 0 Å². The van der Waals surface area contributed by atoms with E-state index in [2.05, 4.69) is 37.7 Å². The molecule has 8 heteroatoms. The Morgan fingerprint density at radius 1 is 1.18 bits per heavy atom. The van der Waals surface area contributed by atoms with Crippen molar-refractivity contribution in [3.05, 3.63) is 33.4 Å². The molecule has 3 heterocycles. The Balaban J connectivity index is 1.58. The Morgan fingerprint density at radius 2 is 1.91 bits per heavy atom. The molecule has 0 aromatic carbocycles. The molecular formula is C14H19IN6O. The van der Waals surface area contributed by atoms with Crippen LogP contribution in [-0.2, 0) is 20.6 Å². The van der Waals surface area contributed by atoms with Crippen LogP contribution in [-0.4, -0.2) is 61.4 Å². The maximum absolute atomic E-state index is 12.6. The minimum Gasteiger partial charge on any atom is -0.335 e. The zero-order valence-corrected chi connectivity index (χ0v) is 14.9. The lowest BCUT2D eigenvalue weighted by atomic mass is 10.2. The van der Waals surface area contributed by atoms with Gasteiger partial charge in [-0.15, -0.1) is 0 Å². The fraction of sp³-hybridized carbons (Fsp3) is 0.500. The lowest BCUT2D eigenvalue weighted by Crippen LogP contribution is -2.48. The molecule has 0 N–H and O–H groups in total. The number of hydrogen-bond acceptors (Lipinski definition) is 4. The molecule has 3 rings (SSSR count). The number of nitrogens with zero attached hydrogens (tertiary/aromatic N) is 6. The first-order valence-corrected chi connectivity index (χ1v) is 8.29. The second kappa shape index (κ2) is 6.37. The number of hydrogen-bond donors (Lipinski definition) is 0. The molecular weight excluding hydrogens is 395 g/mol. The van der Waals surface area contributed by atoms with E-state index in [1.165, 1.54) is 5.56 Å². The first-order valence-electron chi connectivity index (χ1n) is 7.21. The summed E-state index contributed by atoms with van der Waals surface area (Å²) < 4.78 is 4.38. The van der Waals surface area contributed by atoms with Crippen molar-refractivity contribution in [3.8, 4) is 0 Å². The number of amides is 1. The van der Waals surface area contributed by atoms with Crippen molar-refractivity contribution in [1.82, 2.24) is 29.4 Å². The Morgan fingerprint density at radius 3 is 2.45 bits per heavy atom. The van der Waals surface area contributed by atoms with Crippen LogP contribution in [0.3, 0.4) is 0 Å². The normalized spacial score (nSPS) is 16.2. The van der Waals surface area contributed by atoms with Gasteiger partial charge in [0.1, 0.15) is 5.69 Å². The summed E-state index contributed by atoms with van der Waals surface area (Å²) in [6, 6.07) is 0. The average Bonchev–Trinajstić information content (AvgIpc) is 3.05. The van der Waals surface area contributed by atoms with E-state index < -0.39 is 0 Å². The second-order valence-electron chi connectivity index (χ2n) is 5.56. The molecule has 118 valence electrons. The quantitative estimate of drug-likeness (QED) is 0.695. The lowest BCUT2D eigenvalue weighted by molar-refractivity contribution is 0.0616. The van der Waals surface area contributed by atoms with Crippen molar-refractivity contribution in [2.24, 2.45) is 14.1 Å². The van der Waals surface area contributed by atoms with Crippen LogP contribution in [0, 0.1) is 3.57 Å². The van der Waals surface area contributed by atoms with Crippen molar-refractivity contribution >= 4 is 28.5 Å². The van der Waals surface area contributed by atoms with Crippen molar-refractivity contribution in [2.45, 2.75) is 6.54 Å². The van der Waals surface area contributed by atoms with E-state index in [1.807, 2.05) is 36.1 Å². The van der Waals surface area contributed by atoms with E-state index in [0.29, 0.717) is 5.69 Å². The number of carbonyl (C=O) groups excluding carboxylic acids is 1. The molecule has 0 spiro atoms. The van der Waals surface area contributed by atoms with Crippen LogP contribution in [0.15, 0.2) is 18.6 Å². The molecule has 1 aliphatic heterocycles. The van der Waals surface area contributed by atoms with Crippen molar-refractivity contribution < 1.29 is 4.79 Å². The van der Waals surface area contributed by atoms with Gasteiger partial charge in [0.15, 0.2) is 0 Å². The number of carbonyl (C=O) groups is 1. The molecule has 1 saturated heterocycles. The van der Waals surface area contributed by atoms with Crippen molar-refractivity contribution in [1.29, 1.82) is 0 Å². The van der Waals surface area contributed by atoms with E-state index >= 15 is 0 Å². The van der Waals surface area contributed by atoms with Gasteiger partial charge in [0.25, 0.3) is 5.91 Å². The minimum absolute atomic E-state index is 0.0745. The SMILES string of the molecule is Cn1cc(CN2CCN(C(=O)c3c(I)cnn3C)CC2)cn1. The van der Waals surface area contributed by atoms with Crippen molar-refractivity contribution in [2.75, 3.05) is 26.2 Å². The van der Waals surface area contributed by atoms with Crippen LogP contribution in [0.2, 0.25) is 0 Å². The molecule has 7 nitrogen and oxygen atoms in total. The predicted molar refractivity (Wildman–Crippen MR) is 90.3 cm³/mol. The first-order chi connectivity index (χ1) is 10.5. The molecule has 0 atom stereocenters. The van der Waals surface area contributed by atoms with Crippen LogP contribution in [0.1, 0.15) is 16.1 Å². The molecule has 2 aromatic rings. The molecule has 1 amide bonds. The van der Waals surface area contributed by atoms with Crippen LogP contribution in [0.25, 0.3) is 0 Å². The second-order valence-corrected chi connectivity index (χ2v) is 6.72. The fourth-order valence-electron chi connectivity index (χ4n) is 2.72. The molecule has 22 heavy (non-hydrogen) atoms. The average molecular weight is 414 g/mol. The number of rotatable bonds is 3. The van der Waals surface area contributed by atoms with Gasteiger partial charge >= 0.3 is 0 Å². The van der Waals surface area contributed by atoms with Gasteiger partial charge in [-0.25, -0.2) is 0 Å². The molecule has 0 radical (unpaired) electrons. The topological polar surface area (TPSA) is 59.2 Å². The van der Waals surface area contributed by atoms with Crippen LogP contribution < -0.4 is 0 Å². The van der Waals surface area contributed by atoms with E-state index in [1.54, 1.807) is 10.9 Å². The third-order valence-corrected chi connectivity index (χ3v) is 4.71. The van der Waals surface area contributed by atoms with Crippen LogP contribution in [0.5, 0.6) is 0 Å². The molecule has 2 aromatic heterocycles. The van der Waals surface area contributed by atoms with Gasteiger partial charge < -0.3 is 4.90 Å². The fourth-order valence-corrected chi connectivity index (χ4v) is 3.43.